The molecule has 1 fully saturated rings. The van der Waals surface area contributed by atoms with E-state index in [4.69, 9.17) is 16.3 Å². The molecule has 0 radical (unpaired) electrons. The van der Waals surface area contributed by atoms with Crippen molar-refractivity contribution in [1.82, 2.24) is 10.2 Å². The molecule has 102 valence electrons. The van der Waals surface area contributed by atoms with E-state index in [0.29, 0.717) is 29.5 Å². The second kappa shape index (κ2) is 5.79. The van der Waals surface area contributed by atoms with Gasteiger partial charge in [-0.1, -0.05) is 11.6 Å². The van der Waals surface area contributed by atoms with E-state index in [9.17, 15) is 9.59 Å². The number of carbonyl (C=O) groups excluding carboxylic acids is 2. The smallest absolute Gasteiger partial charge is 0.324 e. The number of carbonyl (C=O) groups is 2. The number of halogens is 1. The highest BCUT2D eigenvalue weighted by molar-refractivity contribution is 6.32. The Bertz CT molecular complexity index is 507. The van der Waals surface area contributed by atoms with Crippen LogP contribution in [0.5, 0.6) is 5.75 Å². The van der Waals surface area contributed by atoms with Gasteiger partial charge >= 0.3 is 6.03 Å². The van der Waals surface area contributed by atoms with Crippen molar-refractivity contribution in [3.05, 3.63) is 23.2 Å². The molecule has 0 spiro atoms. The molecular weight excluding hydrogens is 270 g/mol. The zero-order chi connectivity index (χ0) is 13.8. The molecule has 0 aliphatic carbocycles. The van der Waals surface area contributed by atoms with Crippen LogP contribution in [0.3, 0.4) is 0 Å². The number of anilines is 1. The third-order valence-corrected chi connectivity index (χ3v) is 3.05. The summed E-state index contributed by atoms with van der Waals surface area (Å²) in [5.41, 5.74) is 0.693. The number of nitrogens with zero attached hydrogens (tertiary/aromatic N) is 1. The number of methoxy groups -OCH3 is 1. The van der Waals surface area contributed by atoms with Crippen molar-refractivity contribution < 1.29 is 14.3 Å². The van der Waals surface area contributed by atoms with E-state index in [1.165, 1.54) is 12.0 Å². The summed E-state index contributed by atoms with van der Waals surface area (Å²) >= 11 is 5.97. The molecule has 2 rings (SSSR count). The van der Waals surface area contributed by atoms with Gasteiger partial charge in [-0.05, 0) is 18.2 Å². The van der Waals surface area contributed by atoms with Gasteiger partial charge in [-0.2, -0.15) is 0 Å². The summed E-state index contributed by atoms with van der Waals surface area (Å²) in [4.78, 5) is 24.3. The molecule has 0 unspecified atom stereocenters. The Morgan fingerprint density at radius 2 is 2.37 bits per heavy atom. The predicted molar refractivity (Wildman–Crippen MR) is 71.6 cm³/mol. The lowest BCUT2D eigenvalue weighted by Crippen LogP contribution is -2.37. The fourth-order valence-corrected chi connectivity index (χ4v) is 2.02. The number of ether oxygens (including phenoxy) is 1. The van der Waals surface area contributed by atoms with Crippen LogP contribution in [0, 0.1) is 0 Å². The van der Waals surface area contributed by atoms with Gasteiger partial charge in [0.25, 0.3) is 0 Å². The van der Waals surface area contributed by atoms with E-state index in [1.807, 2.05) is 0 Å². The van der Waals surface area contributed by atoms with Crippen molar-refractivity contribution in [2.24, 2.45) is 0 Å². The van der Waals surface area contributed by atoms with Gasteiger partial charge in [-0.15, -0.1) is 0 Å². The second-order valence-corrected chi connectivity index (χ2v) is 4.39. The van der Waals surface area contributed by atoms with E-state index in [0.717, 1.165) is 0 Å². The summed E-state index contributed by atoms with van der Waals surface area (Å²) in [6, 6.07) is 4.77. The van der Waals surface area contributed by atoms with Crippen LogP contribution in [-0.2, 0) is 4.79 Å². The Morgan fingerprint density at radius 3 is 2.95 bits per heavy atom. The molecule has 3 amide bonds. The van der Waals surface area contributed by atoms with Crippen molar-refractivity contribution in [3.8, 4) is 5.75 Å². The average Bonchev–Trinajstić information content (AvgIpc) is 2.82. The molecular formula is C12H14ClN3O3. The largest absolute Gasteiger partial charge is 0.495 e. The minimum atomic E-state index is -0.348. The number of hydrogen-bond donors (Lipinski definition) is 2. The maximum atomic E-state index is 11.8. The molecule has 0 aromatic heterocycles. The van der Waals surface area contributed by atoms with Gasteiger partial charge in [0, 0.05) is 18.8 Å². The van der Waals surface area contributed by atoms with Crippen LogP contribution in [0.2, 0.25) is 5.02 Å². The molecule has 1 aliphatic rings. The van der Waals surface area contributed by atoms with Gasteiger partial charge < -0.3 is 15.4 Å². The summed E-state index contributed by atoms with van der Waals surface area (Å²) in [6.07, 6.45) is 0. The van der Waals surface area contributed by atoms with E-state index in [1.54, 1.807) is 18.2 Å². The molecule has 1 saturated heterocycles. The van der Waals surface area contributed by atoms with E-state index >= 15 is 0 Å². The maximum absolute atomic E-state index is 11.8. The Balaban J connectivity index is 1.93. The highest BCUT2D eigenvalue weighted by Crippen LogP contribution is 2.27. The van der Waals surface area contributed by atoms with Gasteiger partial charge in [-0.25, -0.2) is 4.79 Å². The fourth-order valence-electron chi connectivity index (χ4n) is 1.76. The van der Waals surface area contributed by atoms with Gasteiger partial charge in [0.1, 0.15) is 5.75 Å². The number of imide groups is 1. The topological polar surface area (TPSA) is 70.7 Å². The third kappa shape index (κ3) is 3.08. The molecule has 6 nitrogen and oxygen atoms in total. The predicted octanol–water partition coefficient (Wildman–Crippen LogP) is 1.31. The molecule has 1 aromatic rings. The molecule has 0 bridgehead atoms. The maximum Gasteiger partial charge on any atom is 0.324 e. The SMILES string of the molecule is COc1ccc(NCC(=O)N2CCNC2=O)cc1Cl. The summed E-state index contributed by atoms with van der Waals surface area (Å²) in [6.45, 7) is 0.942. The quantitative estimate of drug-likeness (QED) is 0.874. The highest BCUT2D eigenvalue weighted by Gasteiger charge is 2.25. The first kappa shape index (κ1) is 13.5. The first-order chi connectivity index (χ1) is 9.11. The summed E-state index contributed by atoms with van der Waals surface area (Å²) in [7, 11) is 1.53. The van der Waals surface area contributed by atoms with Gasteiger partial charge in [0.15, 0.2) is 0 Å². The fraction of sp³-hybridized carbons (Fsp3) is 0.333. The van der Waals surface area contributed by atoms with Gasteiger partial charge in [-0.3, -0.25) is 9.69 Å². The van der Waals surface area contributed by atoms with E-state index in [-0.39, 0.29) is 18.5 Å². The average molecular weight is 284 g/mol. The zero-order valence-electron chi connectivity index (χ0n) is 10.4. The van der Waals surface area contributed by atoms with Crippen LogP contribution in [0.25, 0.3) is 0 Å². The highest BCUT2D eigenvalue weighted by atomic mass is 35.5. The lowest BCUT2D eigenvalue weighted by molar-refractivity contribution is -0.125. The Kier molecular flexibility index (Phi) is 4.11. The van der Waals surface area contributed by atoms with Crippen molar-refractivity contribution >= 4 is 29.2 Å². The monoisotopic (exact) mass is 283 g/mol. The van der Waals surface area contributed by atoms with Crippen LogP contribution in [0.15, 0.2) is 18.2 Å². The molecule has 19 heavy (non-hydrogen) atoms. The molecule has 2 N–H and O–H groups in total. The minimum absolute atomic E-state index is 0.0378. The number of benzene rings is 1. The third-order valence-electron chi connectivity index (χ3n) is 2.75. The Labute approximate surface area is 115 Å². The Hall–Kier alpha value is -1.95. The number of amides is 3. The molecule has 1 aromatic carbocycles. The van der Waals surface area contributed by atoms with Crippen LogP contribution in [-0.4, -0.2) is 43.6 Å². The van der Waals surface area contributed by atoms with Crippen molar-refractivity contribution in [3.63, 3.8) is 0 Å². The van der Waals surface area contributed by atoms with Gasteiger partial charge in [0.2, 0.25) is 5.91 Å². The van der Waals surface area contributed by atoms with Crippen LogP contribution < -0.4 is 15.4 Å². The van der Waals surface area contributed by atoms with Crippen LogP contribution in [0.1, 0.15) is 0 Å². The summed E-state index contributed by atoms with van der Waals surface area (Å²) < 4.78 is 5.03. The minimum Gasteiger partial charge on any atom is -0.495 e. The number of nitrogens with one attached hydrogen (secondary N) is 2. The lowest BCUT2D eigenvalue weighted by atomic mass is 10.3. The molecule has 0 atom stereocenters. The number of rotatable bonds is 4. The normalized spacial score (nSPS) is 14.2. The van der Waals surface area contributed by atoms with Crippen molar-refractivity contribution in [1.29, 1.82) is 0 Å². The molecule has 0 saturated carbocycles. The molecule has 7 heteroatoms. The van der Waals surface area contributed by atoms with E-state index < -0.39 is 0 Å². The van der Waals surface area contributed by atoms with Crippen LogP contribution >= 0.6 is 11.6 Å². The first-order valence-electron chi connectivity index (χ1n) is 5.77. The summed E-state index contributed by atoms with van der Waals surface area (Å²) in [5.74, 6) is 0.291. The van der Waals surface area contributed by atoms with Gasteiger partial charge in [0.05, 0.1) is 18.7 Å². The van der Waals surface area contributed by atoms with Crippen LogP contribution in [0.4, 0.5) is 10.5 Å². The van der Waals surface area contributed by atoms with E-state index in [2.05, 4.69) is 10.6 Å². The lowest BCUT2D eigenvalue weighted by Gasteiger charge is -2.13. The molecule has 1 heterocycles. The number of urea groups is 1. The standard InChI is InChI=1S/C12H14ClN3O3/c1-19-10-3-2-8(6-9(10)13)15-7-11(17)16-5-4-14-12(16)18/h2-3,6,15H,4-5,7H2,1H3,(H,14,18). The van der Waals surface area contributed by atoms with Crippen molar-refractivity contribution in [2.75, 3.05) is 32.1 Å². The second-order valence-electron chi connectivity index (χ2n) is 3.98. The zero-order valence-corrected chi connectivity index (χ0v) is 11.2. The van der Waals surface area contributed by atoms with Crippen molar-refractivity contribution in [2.45, 2.75) is 0 Å². The Morgan fingerprint density at radius 1 is 1.58 bits per heavy atom. The first-order valence-corrected chi connectivity index (χ1v) is 6.15. The number of hydrogen-bond acceptors (Lipinski definition) is 4. The molecule has 1 aliphatic heterocycles. The summed E-state index contributed by atoms with van der Waals surface area (Å²) in [5, 5.41) is 5.95.